The molecule has 10 heavy (non-hydrogen) atoms. The Morgan fingerprint density at radius 2 is 2.10 bits per heavy atom. The smallest absolute Gasteiger partial charge is 0.0862 e. The van der Waals surface area contributed by atoms with E-state index < -0.39 is 0 Å². The van der Waals surface area contributed by atoms with Gasteiger partial charge in [-0.05, 0) is 17.7 Å². The highest BCUT2D eigenvalue weighted by Crippen LogP contribution is 2.17. The Balaban J connectivity index is 2.96. The van der Waals surface area contributed by atoms with E-state index in [0.29, 0.717) is 0 Å². The first-order valence-electron chi connectivity index (χ1n) is 2.95. The lowest BCUT2D eigenvalue weighted by atomic mass is 10.2. The lowest BCUT2D eigenvalue weighted by Crippen LogP contribution is -2.01. The molecule has 0 amide bonds. The van der Waals surface area contributed by atoms with Crippen molar-refractivity contribution < 1.29 is 0 Å². The Bertz CT molecular complexity index is 223. The van der Waals surface area contributed by atoms with Crippen LogP contribution in [0.5, 0.6) is 0 Å². The van der Waals surface area contributed by atoms with Gasteiger partial charge in [-0.1, -0.05) is 28.1 Å². The van der Waals surface area contributed by atoms with Crippen molar-refractivity contribution in [3.05, 3.63) is 29.8 Å². The molecule has 2 nitrogen and oxygen atoms in total. The van der Waals surface area contributed by atoms with E-state index in [-0.39, 0.29) is 4.95 Å². The number of hydrogen-bond acceptors (Lipinski definition) is 2. The topological polar surface area (TPSA) is 52.0 Å². The van der Waals surface area contributed by atoms with E-state index in [1.165, 1.54) is 0 Å². The summed E-state index contributed by atoms with van der Waals surface area (Å²) < 4.78 is 0. The molecule has 0 saturated heterocycles. The van der Waals surface area contributed by atoms with Crippen molar-refractivity contribution in [1.82, 2.24) is 0 Å². The van der Waals surface area contributed by atoms with Gasteiger partial charge in [-0.2, -0.15) is 0 Å². The van der Waals surface area contributed by atoms with Crippen LogP contribution >= 0.6 is 15.9 Å². The summed E-state index contributed by atoms with van der Waals surface area (Å²) in [5.74, 6) is 0. The lowest BCUT2D eigenvalue weighted by molar-refractivity contribution is 1.06. The number of nitrogens with two attached hydrogens (primary N) is 2. The van der Waals surface area contributed by atoms with Gasteiger partial charge in [-0.15, -0.1) is 0 Å². The van der Waals surface area contributed by atoms with E-state index in [0.717, 1.165) is 11.3 Å². The van der Waals surface area contributed by atoms with Gasteiger partial charge in [0.15, 0.2) is 0 Å². The summed E-state index contributed by atoms with van der Waals surface area (Å²) in [5, 5.41) is 0. The summed E-state index contributed by atoms with van der Waals surface area (Å²) in [6, 6.07) is 7.49. The minimum atomic E-state index is -0.115. The second-order valence-electron chi connectivity index (χ2n) is 2.07. The third kappa shape index (κ3) is 1.72. The highest BCUT2D eigenvalue weighted by molar-refractivity contribution is 9.09. The van der Waals surface area contributed by atoms with Crippen LogP contribution in [0.1, 0.15) is 10.5 Å². The third-order valence-corrected chi connectivity index (χ3v) is 1.76. The molecule has 0 aliphatic heterocycles. The molecule has 54 valence electrons. The Kier molecular flexibility index (Phi) is 2.29. The standard InChI is InChI=1S/C7H9BrN2/c8-7(10)5-2-1-3-6(9)4-5/h1-4,7H,9-10H2. The Labute approximate surface area is 68.3 Å². The first kappa shape index (κ1) is 7.57. The SMILES string of the molecule is Nc1cccc(C(N)Br)c1. The zero-order chi connectivity index (χ0) is 7.56. The molecule has 1 aromatic rings. The molecular formula is C7H9BrN2. The van der Waals surface area contributed by atoms with Crippen molar-refractivity contribution in [2.75, 3.05) is 5.73 Å². The van der Waals surface area contributed by atoms with Crippen LogP contribution in [0.25, 0.3) is 0 Å². The van der Waals surface area contributed by atoms with Gasteiger partial charge in [0, 0.05) is 5.69 Å². The maximum atomic E-state index is 5.54. The van der Waals surface area contributed by atoms with Crippen LogP contribution < -0.4 is 11.5 Å². The van der Waals surface area contributed by atoms with Crippen LogP contribution in [0, 0.1) is 0 Å². The third-order valence-electron chi connectivity index (χ3n) is 1.23. The summed E-state index contributed by atoms with van der Waals surface area (Å²) in [6.07, 6.45) is 0. The highest BCUT2D eigenvalue weighted by Gasteiger charge is 1.98. The molecule has 0 fully saturated rings. The van der Waals surface area contributed by atoms with Crippen molar-refractivity contribution >= 4 is 21.6 Å². The fourth-order valence-electron chi connectivity index (χ4n) is 0.731. The number of rotatable bonds is 1. The van der Waals surface area contributed by atoms with Crippen molar-refractivity contribution in [3.63, 3.8) is 0 Å². The fourth-order valence-corrected chi connectivity index (χ4v) is 1.02. The molecule has 0 radical (unpaired) electrons. The zero-order valence-corrected chi connectivity index (χ0v) is 7.01. The first-order chi connectivity index (χ1) is 4.70. The fraction of sp³-hybridized carbons (Fsp3) is 0.143. The maximum Gasteiger partial charge on any atom is 0.0862 e. The number of benzene rings is 1. The molecule has 0 aromatic heterocycles. The van der Waals surface area contributed by atoms with Crippen molar-refractivity contribution in [3.8, 4) is 0 Å². The molecule has 0 aliphatic carbocycles. The molecule has 4 N–H and O–H groups in total. The van der Waals surface area contributed by atoms with Gasteiger partial charge < -0.3 is 11.5 Å². The Morgan fingerprint density at radius 1 is 1.40 bits per heavy atom. The maximum absolute atomic E-state index is 5.54. The monoisotopic (exact) mass is 200 g/mol. The lowest BCUT2D eigenvalue weighted by Gasteiger charge is -2.02. The van der Waals surface area contributed by atoms with Gasteiger partial charge in [0.2, 0.25) is 0 Å². The summed E-state index contributed by atoms with van der Waals surface area (Å²) >= 11 is 3.24. The average molecular weight is 201 g/mol. The molecule has 0 heterocycles. The Hall–Kier alpha value is -0.540. The minimum absolute atomic E-state index is 0.115. The number of hydrogen-bond donors (Lipinski definition) is 2. The van der Waals surface area contributed by atoms with Gasteiger partial charge in [0.1, 0.15) is 0 Å². The molecule has 1 unspecified atom stereocenters. The predicted molar refractivity (Wildman–Crippen MR) is 46.7 cm³/mol. The summed E-state index contributed by atoms with van der Waals surface area (Å²) in [6.45, 7) is 0. The van der Waals surface area contributed by atoms with Crippen LogP contribution in [0.15, 0.2) is 24.3 Å². The van der Waals surface area contributed by atoms with Crippen LogP contribution in [-0.4, -0.2) is 0 Å². The number of anilines is 1. The van der Waals surface area contributed by atoms with Gasteiger partial charge in [-0.3, -0.25) is 0 Å². The summed E-state index contributed by atoms with van der Waals surface area (Å²) in [7, 11) is 0. The summed E-state index contributed by atoms with van der Waals surface area (Å²) in [5.41, 5.74) is 12.8. The van der Waals surface area contributed by atoms with E-state index in [4.69, 9.17) is 11.5 Å². The van der Waals surface area contributed by atoms with Crippen LogP contribution in [0.2, 0.25) is 0 Å². The molecule has 0 bridgehead atoms. The van der Waals surface area contributed by atoms with Gasteiger partial charge in [-0.25, -0.2) is 0 Å². The highest BCUT2D eigenvalue weighted by atomic mass is 79.9. The van der Waals surface area contributed by atoms with Gasteiger partial charge in [0.25, 0.3) is 0 Å². The van der Waals surface area contributed by atoms with Gasteiger partial charge >= 0.3 is 0 Å². The second-order valence-corrected chi connectivity index (χ2v) is 3.06. The van der Waals surface area contributed by atoms with Crippen molar-refractivity contribution in [2.24, 2.45) is 5.73 Å². The molecule has 0 saturated carbocycles. The van der Waals surface area contributed by atoms with Crippen molar-refractivity contribution in [1.29, 1.82) is 0 Å². The number of alkyl halides is 1. The van der Waals surface area contributed by atoms with E-state index in [1.54, 1.807) is 0 Å². The largest absolute Gasteiger partial charge is 0.399 e. The van der Waals surface area contributed by atoms with Crippen LogP contribution in [-0.2, 0) is 0 Å². The predicted octanol–water partition coefficient (Wildman–Crippen LogP) is 1.62. The molecule has 0 aliphatic rings. The quantitative estimate of drug-likeness (QED) is 0.412. The summed E-state index contributed by atoms with van der Waals surface area (Å²) in [4.78, 5) is -0.115. The molecule has 1 aromatic carbocycles. The van der Waals surface area contributed by atoms with Crippen LogP contribution in [0.3, 0.4) is 0 Å². The average Bonchev–Trinajstić information content (AvgIpc) is 1.88. The second kappa shape index (κ2) is 3.03. The Morgan fingerprint density at radius 3 is 2.50 bits per heavy atom. The molecule has 1 rings (SSSR count). The molecule has 0 spiro atoms. The zero-order valence-electron chi connectivity index (χ0n) is 5.42. The normalized spacial score (nSPS) is 13.0. The number of halogens is 1. The van der Waals surface area contributed by atoms with E-state index in [1.807, 2.05) is 24.3 Å². The molecular weight excluding hydrogens is 192 g/mol. The minimum Gasteiger partial charge on any atom is -0.399 e. The molecule has 1 atom stereocenters. The molecule has 3 heteroatoms. The van der Waals surface area contributed by atoms with E-state index in [2.05, 4.69) is 15.9 Å². The van der Waals surface area contributed by atoms with Crippen molar-refractivity contribution in [2.45, 2.75) is 4.95 Å². The van der Waals surface area contributed by atoms with E-state index in [9.17, 15) is 0 Å². The first-order valence-corrected chi connectivity index (χ1v) is 3.87. The van der Waals surface area contributed by atoms with Gasteiger partial charge in [0.05, 0.1) is 4.95 Å². The van der Waals surface area contributed by atoms with Crippen LogP contribution in [0.4, 0.5) is 5.69 Å². The number of nitrogen functional groups attached to an aromatic ring is 1. The van der Waals surface area contributed by atoms with E-state index >= 15 is 0 Å².